The molecule has 2 heteroatoms. The second-order valence-corrected chi connectivity index (χ2v) is 9.14. The summed E-state index contributed by atoms with van der Waals surface area (Å²) in [7, 11) is -1.68. The van der Waals surface area contributed by atoms with Gasteiger partial charge in [0.25, 0.3) is 0 Å². The van der Waals surface area contributed by atoms with E-state index >= 15 is 0 Å². The van der Waals surface area contributed by atoms with Gasteiger partial charge in [0.15, 0.2) is 0 Å². The monoisotopic (exact) mass is 234 g/mol. The third-order valence-electron chi connectivity index (χ3n) is 3.09. The van der Waals surface area contributed by atoms with Crippen LogP contribution >= 0.6 is 0 Å². The molecule has 1 aromatic rings. The van der Waals surface area contributed by atoms with E-state index in [9.17, 15) is 5.11 Å². The van der Waals surface area contributed by atoms with Crippen LogP contribution in [0.15, 0.2) is 41.6 Å². The molecule has 0 saturated carbocycles. The highest BCUT2D eigenvalue weighted by Crippen LogP contribution is 2.19. The molecule has 0 saturated heterocycles. The molecule has 0 aliphatic carbocycles. The fourth-order valence-corrected chi connectivity index (χ4v) is 5.31. The lowest BCUT2D eigenvalue weighted by Crippen LogP contribution is -2.46. The molecule has 1 unspecified atom stereocenters. The number of hydrogen-bond donors (Lipinski definition) is 1. The molecule has 1 N–H and O–H groups in total. The summed E-state index contributed by atoms with van der Waals surface area (Å²) in [4.78, 5) is 0. The van der Waals surface area contributed by atoms with Gasteiger partial charge in [-0.25, -0.2) is 0 Å². The van der Waals surface area contributed by atoms with Crippen LogP contribution < -0.4 is 5.19 Å². The van der Waals surface area contributed by atoms with E-state index < -0.39 is 8.07 Å². The van der Waals surface area contributed by atoms with Gasteiger partial charge in [0.2, 0.25) is 0 Å². The molecule has 0 spiro atoms. The van der Waals surface area contributed by atoms with E-state index in [1.165, 1.54) is 10.4 Å². The highest BCUT2D eigenvalue weighted by atomic mass is 28.3. The lowest BCUT2D eigenvalue weighted by Gasteiger charge is -2.28. The smallest absolute Gasteiger partial charge is 0.110 e. The molecule has 0 bridgehead atoms. The maximum absolute atomic E-state index is 9.91. The first-order valence-corrected chi connectivity index (χ1v) is 8.94. The summed E-state index contributed by atoms with van der Waals surface area (Å²) in [5.41, 5.74) is 0. The van der Waals surface area contributed by atoms with E-state index in [1.54, 1.807) is 0 Å². The van der Waals surface area contributed by atoms with Crippen LogP contribution in [0.4, 0.5) is 0 Å². The van der Waals surface area contributed by atoms with Gasteiger partial charge in [0.05, 0.1) is 6.10 Å². The Hall–Kier alpha value is -0.863. The lowest BCUT2D eigenvalue weighted by atomic mass is 10.3. The second kappa shape index (κ2) is 5.46. The SMILES string of the molecule is CC/C=C(\C(C)O)[Si](C)(C)c1ccccc1. The van der Waals surface area contributed by atoms with Crippen molar-refractivity contribution < 1.29 is 5.11 Å². The number of aliphatic hydroxyl groups is 1. The minimum Gasteiger partial charge on any atom is -0.389 e. The zero-order valence-corrected chi connectivity index (χ0v) is 11.7. The predicted octanol–water partition coefficient (Wildman–Crippen LogP) is 2.86. The minimum atomic E-state index is -1.68. The van der Waals surface area contributed by atoms with Gasteiger partial charge in [-0.3, -0.25) is 0 Å². The number of allylic oxidation sites excluding steroid dienone is 1. The van der Waals surface area contributed by atoms with E-state index in [1.807, 2.05) is 13.0 Å². The van der Waals surface area contributed by atoms with Crippen molar-refractivity contribution in [2.45, 2.75) is 39.5 Å². The first-order valence-electron chi connectivity index (χ1n) is 5.94. The Morgan fingerprint density at radius 1 is 1.31 bits per heavy atom. The quantitative estimate of drug-likeness (QED) is 0.794. The molecule has 0 fully saturated rings. The van der Waals surface area contributed by atoms with Gasteiger partial charge in [-0.05, 0) is 13.3 Å². The van der Waals surface area contributed by atoms with Crippen LogP contribution in [-0.4, -0.2) is 19.3 Å². The predicted molar refractivity (Wildman–Crippen MR) is 73.6 cm³/mol. The van der Waals surface area contributed by atoms with Crippen LogP contribution in [0.2, 0.25) is 13.1 Å². The number of rotatable bonds is 4. The molecule has 1 aromatic carbocycles. The van der Waals surface area contributed by atoms with Gasteiger partial charge in [-0.1, -0.05) is 66.8 Å². The van der Waals surface area contributed by atoms with Gasteiger partial charge < -0.3 is 5.11 Å². The van der Waals surface area contributed by atoms with Gasteiger partial charge >= 0.3 is 0 Å². The molecule has 0 amide bonds. The van der Waals surface area contributed by atoms with Crippen molar-refractivity contribution in [3.63, 3.8) is 0 Å². The highest BCUT2D eigenvalue weighted by molar-refractivity contribution is 6.95. The Balaban J connectivity index is 3.13. The largest absolute Gasteiger partial charge is 0.389 e. The third-order valence-corrected chi connectivity index (χ3v) is 6.93. The molecular weight excluding hydrogens is 212 g/mol. The number of aliphatic hydroxyl groups excluding tert-OH is 1. The lowest BCUT2D eigenvalue weighted by molar-refractivity contribution is 0.238. The first-order chi connectivity index (χ1) is 7.50. The Bertz CT molecular complexity index is 352. The summed E-state index contributed by atoms with van der Waals surface area (Å²) in [6.07, 6.45) is 2.86. The van der Waals surface area contributed by atoms with E-state index in [-0.39, 0.29) is 6.10 Å². The van der Waals surface area contributed by atoms with Crippen molar-refractivity contribution in [1.82, 2.24) is 0 Å². The number of benzene rings is 1. The molecule has 0 heterocycles. The maximum atomic E-state index is 9.91. The Kier molecular flexibility index (Phi) is 4.51. The molecule has 0 aliphatic heterocycles. The summed E-state index contributed by atoms with van der Waals surface area (Å²) in [6.45, 7) is 8.60. The van der Waals surface area contributed by atoms with Crippen LogP contribution in [0.3, 0.4) is 0 Å². The first kappa shape index (κ1) is 13.2. The molecular formula is C14H22OSi. The van der Waals surface area contributed by atoms with E-state index in [0.717, 1.165) is 6.42 Å². The van der Waals surface area contributed by atoms with Crippen molar-refractivity contribution in [1.29, 1.82) is 0 Å². The molecule has 1 nitrogen and oxygen atoms in total. The fraction of sp³-hybridized carbons (Fsp3) is 0.429. The van der Waals surface area contributed by atoms with Crippen molar-refractivity contribution in [3.8, 4) is 0 Å². The van der Waals surface area contributed by atoms with Crippen LogP contribution in [0.1, 0.15) is 20.3 Å². The topological polar surface area (TPSA) is 20.2 Å². The number of hydrogen-bond acceptors (Lipinski definition) is 1. The standard InChI is InChI=1S/C14H22OSi/c1-5-9-14(12(2)15)16(3,4)13-10-7-6-8-11-13/h6-12,15H,5H2,1-4H3/b14-9+. The van der Waals surface area contributed by atoms with Crippen molar-refractivity contribution in [2.75, 3.05) is 0 Å². The van der Waals surface area contributed by atoms with Gasteiger partial charge in [0, 0.05) is 0 Å². The van der Waals surface area contributed by atoms with Crippen molar-refractivity contribution in [2.24, 2.45) is 0 Å². The summed E-state index contributed by atoms with van der Waals surface area (Å²) < 4.78 is 0. The molecule has 1 atom stereocenters. The molecule has 0 radical (unpaired) electrons. The molecule has 16 heavy (non-hydrogen) atoms. The van der Waals surface area contributed by atoms with Gasteiger partial charge in [-0.15, -0.1) is 0 Å². The van der Waals surface area contributed by atoms with Crippen molar-refractivity contribution >= 4 is 13.3 Å². The third kappa shape index (κ3) is 2.83. The summed E-state index contributed by atoms with van der Waals surface area (Å²) in [5.74, 6) is 0. The van der Waals surface area contributed by atoms with E-state index in [0.29, 0.717) is 0 Å². The molecule has 1 rings (SSSR count). The van der Waals surface area contributed by atoms with Gasteiger partial charge in [-0.2, -0.15) is 0 Å². The van der Waals surface area contributed by atoms with Crippen LogP contribution in [0.5, 0.6) is 0 Å². The zero-order valence-electron chi connectivity index (χ0n) is 10.7. The Morgan fingerprint density at radius 3 is 2.31 bits per heavy atom. The van der Waals surface area contributed by atoms with E-state index in [2.05, 4.69) is 50.4 Å². The zero-order chi connectivity index (χ0) is 12.2. The molecule has 0 aliphatic rings. The van der Waals surface area contributed by atoms with Crippen LogP contribution in [0.25, 0.3) is 0 Å². The van der Waals surface area contributed by atoms with Gasteiger partial charge in [0.1, 0.15) is 8.07 Å². The Labute approximate surface area is 99.8 Å². The fourth-order valence-electron chi connectivity index (χ4n) is 2.19. The molecule has 88 valence electrons. The molecule has 0 aromatic heterocycles. The average molecular weight is 234 g/mol. The van der Waals surface area contributed by atoms with E-state index in [4.69, 9.17) is 0 Å². The van der Waals surface area contributed by atoms with Crippen molar-refractivity contribution in [3.05, 3.63) is 41.6 Å². The summed E-state index contributed by atoms with van der Waals surface area (Å²) >= 11 is 0. The average Bonchev–Trinajstić information content (AvgIpc) is 2.26. The highest BCUT2D eigenvalue weighted by Gasteiger charge is 2.30. The normalized spacial score (nSPS) is 14.9. The van der Waals surface area contributed by atoms with Crippen LogP contribution in [-0.2, 0) is 0 Å². The summed E-state index contributed by atoms with van der Waals surface area (Å²) in [5, 5.41) is 12.5. The second-order valence-electron chi connectivity index (χ2n) is 4.73. The maximum Gasteiger partial charge on any atom is 0.110 e. The van der Waals surface area contributed by atoms with Crippen LogP contribution in [0, 0.1) is 0 Å². The minimum absolute atomic E-state index is 0.332. The summed E-state index contributed by atoms with van der Waals surface area (Å²) in [6, 6.07) is 10.6. The Morgan fingerprint density at radius 2 is 1.88 bits per heavy atom.